The molecule has 32 heavy (non-hydrogen) atoms. The van der Waals surface area contributed by atoms with Gasteiger partial charge >= 0.3 is 0 Å². The molecule has 4 heteroatoms. The number of ether oxygens (including phenoxy) is 2. The van der Waals surface area contributed by atoms with E-state index in [1.165, 1.54) is 0 Å². The molecule has 162 valence electrons. The van der Waals surface area contributed by atoms with Crippen molar-refractivity contribution in [2.45, 2.75) is 18.6 Å². The van der Waals surface area contributed by atoms with Crippen LogP contribution in [0.15, 0.2) is 118 Å². The van der Waals surface area contributed by atoms with Crippen molar-refractivity contribution in [1.29, 1.82) is 0 Å². The van der Waals surface area contributed by atoms with Crippen molar-refractivity contribution in [2.24, 2.45) is 0 Å². The quantitative estimate of drug-likeness (QED) is 0.207. The predicted molar refractivity (Wildman–Crippen MR) is 137 cm³/mol. The molecular weight excluding hydrogens is 528 g/mol. The summed E-state index contributed by atoms with van der Waals surface area (Å²) < 4.78 is 14.9. The van der Waals surface area contributed by atoms with Crippen LogP contribution >= 0.6 is 31.9 Å². The van der Waals surface area contributed by atoms with Crippen molar-refractivity contribution in [2.75, 3.05) is 6.61 Å². The average molecular weight is 552 g/mol. The molecule has 4 aromatic rings. The van der Waals surface area contributed by atoms with Crippen LogP contribution in [0.4, 0.5) is 0 Å². The fraction of sp³-hybridized carbons (Fsp3) is 0.143. The third kappa shape index (κ3) is 4.98. The van der Waals surface area contributed by atoms with E-state index < -0.39 is 5.60 Å². The average Bonchev–Trinajstić information content (AvgIpc) is 2.84. The Labute approximate surface area is 206 Å². The fourth-order valence-electron chi connectivity index (χ4n) is 3.83. The molecule has 0 saturated carbocycles. The summed E-state index contributed by atoms with van der Waals surface area (Å²) in [7, 11) is 0. The topological polar surface area (TPSA) is 18.5 Å². The number of benzene rings is 4. The molecule has 1 unspecified atom stereocenters. The van der Waals surface area contributed by atoms with Gasteiger partial charge < -0.3 is 9.47 Å². The Kier molecular flexibility index (Phi) is 7.46. The van der Waals surface area contributed by atoms with Crippen molar-refractivity contribution in [3.8, 4) is 5.75 Å². The number of hydrogen-bond acceptors (Lipinski definition) is 2. The summed E-state index contributed by atoms with van der Waals surface area (Å²) in [5, 5.41) is 0. The van der Waals surface area contributed by atoms with Gasteiger partial charge in [-0.25, -0.2) is 0 Å². The second-order valence-corrected chi connectivity index (χ2v) is 9.36. The fourth-order valence-corrected chi connectivity index (χ4v) is 4.51. The minimum absolute atomic E-state index is 0.170. The van der Waals surface area contributed by atoms with E-state index in [2.05, 4.69) is 105 Å². The van der Waals surface area contributed by atoms with Crippen molar-refractivity contribution < 1.29 is 9.47 Å². The van der Waals surface area contributed by atoms with Crippen LogP contribution in [0.2, 0.25) is 0 Å². The zero-order valence-corrected chi connectivity index (χ0v) is 20.9. The summed E-state index contributed by atoms with van der Waals surface area (Å²) in [6, 6.07) is 37.0. The normalized spacial score (nSPS) is 12.3. The van der Waals surface area contributed by atoms with E-state index in [1.54, 1.807) is 0 Å². The van der Waals surface area contributed by atoms with Crippen LogP contribution in [0.5, 0.6) is 5.75 Å². The van der Waals surface area contributed by atoms with Crippen molar-refractivity contribution in [3.05, 3.63) is 135 Å². The SMILES string of the molecule is CC(COC(c1ccccc1)(c1ccccc1)c1ccccc1)Oc1cc(Br)ccc1Br. The maximum atomic E-state index is 6.84. The van der Waals surface area contributed by atoms with E-state index in [0.717, 1.165) is 31.4 Å². The van der Waals surface area contributed by atoms with Crippen molar-refractivity contribution >= 4 is 31.9 Å². The Bertz CT molecular complexity index is 1040. The molecule has 0 spiro atoms. The maximum Gasteiger partial charge on any atom is 0.143 e. The van der Waals surface area contributed by atoms with Gasteiger partial charge in [0.05, 0.1) is 11.1 Å². The second-order valence-electron chi connectivity index (χ2n) is 7.59. The van der Waals surface area contributed by atoms with Gasteiger partial charge in [-0.15, -0.1) is 0 Å². The molecule has 0 saturated heterocycles. The first kappa shape index (κ1) is 22.8. The van der Waals surface area contributed by atoms with Gasteiger partial charge in [0, 0.05) is 4.47 Å². The van der Waals surface area contributed by atoms with Crippen LogP contribution in [0.3, 0.4) is 0 Å². The lowest BCUT2D eigenvalue weighted by molar-refractivity contribution is -0.0258. The van der Waals surface area contributed by atoms with Crippen molar-refractivity contribution in [3.63, 3.8) is 0 Å². The van der Waals surface area contributed by atoms with Crippen LogP contribution in [0.1, 0.15) is 23.6 Å². The summed E-state index contributed by atoms with van der Waals surface area (Å²) >= 11 is 7.09. The molecule has 4 rings (SSSR count). The van der Waals surface area contributed by atoms with Gasteiger partial charge in [-0.2, -0.15) is 0 Å². The Morgan fingerprint density at radius 2 is 1.16 bits per heavy atom. The minimum Gasteiger partial charge on any atom is -0.487 e. The Balaban J connectivity index is 1.72. The third-order valence-electron chi connectivity index (χ3n) is 5.30. The lowest BCUT2D eigenvalue weighted by atomic mass is 9.80. The summed E-state index contributed by atoms with van der Waals surface area (Å²) in [4.78, 5) is 0. The van der Waals surface area contributed by atoms with E-state index in [-0.39, 0.29) is 6.10 Å². The summed E-state index contributed by atoms with van der Waals surface area (Å²) in [6.45, 7) is 2.43. The van der Waals surface area contributed by atoms with E-state index >= 15 is 0 Å². The summed E-state index contributed by atoms with van der Waals surface area (Å²) in [5.74, 6) is 0.778. The molecule has 0 aliphatic rings. The van der Waals surface area contributed by atoms with Crippen molar-refractivity contribution in [1.82, 2.24) is 0 Å². The highest BCUT2D eigenvalue weighted by Gasteiger charge is 2.38. The highest BCUT2D eigenvalue weighted by atomic mass is 79.9. The molecule has 0 bridgehead atoms. The zero-order valence-electron chi connectivity index (χ0n) is 17.7. The minimum atomic E-state index is -0.754. The van der Waals surface area contributed by atoms with Crippen LogP contribution in [0.25, 0.3) is 0 Å². The third-order valence-corrected chi connectivity index (χ3v) is 6.45. The predicted octanol–water partition coefficient (Wildman–Crippen LogP) is 7.99. The van der Waals surface area contributed by atoms with E-state index in [1.807, 2.05) is 43.3 Å². The molecule has 0 amide bonds. The number of halogens is 2. The van der Waals surface area contributed by atoms with E-state index in [9.17, 15) is 0 Å². The Morgan fingerprint density at radius 3 is 1.62 bits per heavy atom. The van der Waals surface area contributed by atoms with Gasteiger partial charge in [-0.05, 0) is 57.7 Å². The maximum absolute atomic E-state index is 6.84. The van der Waals surface area contributed by atoms with Gasteiger partial charge in [-0.3, -0.25) is 0 Å². The van der Waals surface area contributed by atoms with E-state index in [4.69, 9.17) is 9.47 Å². The lowest BCUT2D eigenvalue weighted by Gasteiger charge is -2.36. The first-order chi connectivity index (χ1) is 15.6. The molecule has 0 aromatic heterocycles. The molecule has 0 aliphatic carbocycles. The first-order valence-corrected chi connectivity index (χ1v) is 12.1. The molecule has 2 nitrogen and oxygen atoms in total. The summed E-state index contributed by atoms with van der Waals surface area (Å²) in [6.07, 6.45) is -0.170. The van der Waals surface area contributed by atoms with E-state index in [0.29, 0.717) is 6.61 Å². The summed E-state index contributed by atoms with van der Waals surface area (Å²) in [5.41, 5.74) is 2.48. The van der Waals surface area contributed by atoms with Gasteiger partial charge in [0.25, 0.3) is 0 Å². The Hall–Kier alpha value is -2.40. The smallest absolute Gasteiger partial charge is 0.143 e. The first-order valence-electron chi connectivity index (χ1n) is 10.5. The standard InChI is InChI=1S/C28H24Br2O2/c1-21(32-27-19-25(29)17-18-26(27)30)20-31-28(22-11-5-2-6-12-22,23-13-7-3-8-14-23)24-15-9-4-10-16-24/h2-19,21H,20H2,1H3. The number of hydrogen-bond donors (Lipinski definition) is 0. The monoisotopic (exact) mass is 550 g/mol. The van der Waals surface area contributed by atoms with Gasteiger partial charge in [0.15, 0.2) is 0 Å². The molecule has 0 fully saturated rings. The molecule has 0 radical (unpaired) electrons. The molecule has 0 N–H and O–H groups in total. The van der Waals surface area contributed by atoms with Crippen LogP contribution in [0, 0.1) is 0 Å². The van der Waals surface area contributed by atoms with Crippen LogP contribution < -0.4 is 4.74 Å². The van der Waals surface area contributed by atoms with Crippen LogP contribution in [-0.2, 0) is 10.3 Å². The highest BCUT2D eigenvalue weighted by molar-refractivity contribution is 9.11. The second kappa shape index (κ2) is 10.5. The van der Waals surface area contributed by atoms with Crippen LogP contribution in [-0.4, -0.2) is 12.7 Å². The molecular formula is C28H24Br2O2. The highest BCUT2D eigenvalue weighted by Crippen LogP contribution is 2.40. The lowest BCUT2D eigenvalue weighted by Crippen LogP contribution is -2.36. The zero-order chi connectivity index (χ0) is 22.4. The molecule has 0 aliphatic heterocycles. The van der Waals surface area contributed by atoms with Gasteiger partial charge in [0.1, 0.15) is 17.5 Å². The van der Waals surface area contributed by atoms with Gasteiger partial charge in [-0.1, -0.05) is 107 Å². The Morgan fingerprint density at radius 1 is 0.688 bits per heavy atom. The molecule has 4 aromatic carbocycles. The molecule has 0 heterocycles. The molecule has 1 atom stereocenters. The largest absolute Gasteiger partial charge is 0.487 e. The van der Waals surface area contributed by atoms with Gasteiger partial charge in [0.2, 0.25) is 0 Å². The number of rotatable bonds is 8.